The van der Waals surface area contributed by atoms with Gasteiger partial charge < -0.3 is 15.4 Å². The summed E-state index contributed by atoms with van der Waals surface area (Å²) in [6.07, 6.45) is 0. The maximum absolute atomic E-state index is 11.6. The molecular formula is C12H17BrN2O2. The molecule has 0 saturated heterocycles. The average molecular weight is 301 g/mol. The summed E-state index contributed by atoms with van der Waals surface area (Å²) in [6.45, 7) is 4.30. The minimum absolute atomic E-state index is 0.0595. The fourth-order valence-corrected chi connectivity index (χ4v) is 1.79. The number of ether oxygens (including phenoxy) is 1. The maximum Gasteiger partial charge on any atom is 0.238 e. The van der Waals surface area contributed by atoms with Crippen molar-refractivity contribution in [3.8, 4) is 5.75 Å². The Morgan fingerprint density at radius 1 is 1.47 bits per heavy atom. The Hall–Kier alpha value is -1.07. The molecule has 2 N–H and O–H groups in total. The number of hydrogen-bond donors (Lipinski definition) is 2. The quantitative estimate of drug-likeness (QED) is 0.878. The van der Waals surface area contributed by atoms with Gasteiger partial charge in [0.2, 0.25) is 5.91 Å². The normalized spacial score (nSPS) is 10.4. The predicted octanol–water partition coefficient (Wildman–Crippen LogP) is 2.39. The number of carbonyl (C=O) groups is 1. The van der Waals surface area contributed by atoms with Crippen LogP contribution in [0.3, 0.4) is 0 Å². The molecule has 1 rings (SSSR count). The van der Waals surface area contributed by atoms with Crippen LogP contribution >= 0.6 is 15.9 Å². The number of halogens is 1. The van der Waals surface area contributed by atoms with Crippen LogP contribution in [0.1, 0.15) is 13.8 Å². The molecule has 4 nitrogen and oxygen atoms in total. The fraction of sp³-hybridized carbons (Fsp3) is 0.417. The van der Waals surface area contributed by atoms with Crippen LogP contribution < -0.4 is 15.4 Å². The number of nitrogens with one attached hydrogen (secondary N) is 2. The van der Waals surface area contributed by atoms with E-state index in [1.807, 2.05) is 19.9 Å². The van der Waals surface area contributed by atoms with Gasteiger partial charge in [0.05, 0.1) is 18.1 Å². The van der Waals surface area contributed by atoms with E-state index in [9.17, 15) is 4.79 Å². The van der Waals surface area contributed by atoms with E-state index in [2.05, 4.69) is 26.6 Å². The average Bonchev–Trinajstić information content (AvgIpc) is 2.26. The second-order valence-electron chi connectivity index (χ2n) is 3.93. The van der Waals surface area contributed by atoms with Crippen molar-refractivity contribution in [2.75, 3.05) is 19.0 Å². The van der Waals surface area contributed by atoms with Crippen molar-refractivity contribution >= 4 is 27.5 Å². The van der Waals surface area contributed by atoms with Crippen molar-refractivity contribution in [3.05, 3.63) is 22.7 Å². The van der Waals surface area contributed by atoms with Crippen molar-refractivity contribution in [3.63, 3.8) is 0 Å². The van der Waals surface area contributed by atoms with Crippen LogP contribution in [-0.4, -0.2) is 25.6 Å². The van der Waals surface area contributed by atoms with Crippen LogP contribution in [0.4, 0.5) is 5.69 Å². The lowest BCUT2D eigenvalue weighted by atomic mass is 10.3. The van der Waals surface area contributed by atoms with Gasteiger partial charge in [-0.3, -0.25) is 4.79 Å². The Morgan fingerprint density at radius 2 is 2.18 bits per heavy atom. The van der Waals surface area contributed by atoms with Gasteiger partial charge in [0, 0.05) is 11.7 Å². The first-order valence-electron chi connectivity index (χ1n) is 5.39. The van der Waals surface area contributed by atoms with Crippen LogP contribution in [0.15, 0.2) is 22.7 Å². The van der Waals surface area contributed by atoms with Gasteiger partial charge in [0.15, 0.2) is 0 Å². The van der Waals surface area contributed by atoms with Gasteiger partial charge in [0.25, 0.3) is 0 Å². The number of amides is 1. The van der Waals surface area contributed by atoms with Gasteiger partial charge in [-0.15, -0.1) is 0 Å². The summed E-state index contributed by atoms with van der Waals surface area (Å²) >= 11 is 3.37. The molecule has 0 spiro atoms. The third-order valence-corrected chi connectivity index (χ3v) is 2.73. The highest BCUT2D eigenvalue weighted by atomic mass is 79.9. The molecule has 1 aromatic carbocycles. The first-order valence-corrected chi connectivity index (χ1v) is 6.19. The van der Waals surface area contributed by atoms with E-state index >= 15 is 0 Å². The molecule has 0 radical (unpaired) electrons. The van der Waals surface area contributed by atoms with E-state index in [1.54, 1.807) is 19.2 Å². The maximum atomic E-state index is 11.6. The molecule has 0 atom stereocenters. The van der Waals surface area contributed by atoms with Crippen molar-refractivity contribution in [2.45, 2.75) is 19.9 Å². The highest BCUT2D eigenvalue weighted by Gasteiger charge is 2.05. The number of methoxy groups -OCH3 is 1. The minimum atomic E-state index is -0.0595. The molecule has 1 amide bonds. The smallest absolute Gasteiger partial charge is 0.238 e. The molecule has 17 heavy (non-hydrogen) atoms. The van der Waals surface area contributed by atoms with Gasteiger partial charge in [-0.05, 0) is 34.1 Å². The Bertz CT molecular complexity index is 394. The summed E-state index contributed by atoms with van der Waals surface area (Å²) in [7, 11) is 1.60. The monoisotopic (exact) mass is 300 g/mol. The molecular weight excluding hydrogens is 284 g/mol. The SMILES string of the molecule is COc1ccc(NC(=O)CNC(C)C)cc1Br. The van der Waals surface area contributed by atoms with Crippen LogP contribution in [0.25, 0.3) is 0 Å². The number of hydrogen-bond acceptors (Lipinski definition) is 3. The van der Waals surface area contributed by atoms with E-state index in [0.717, 1.165) is 15.9 Å². The summed E-state index contributed by atoms with van der Waals surface area (Å²) in [6, 6.07) is 5.71. The van der Waals surface area contributed by atoms with Gasteiger partial charge in [-0.25, -0.2) is 0 Å². The Labute approximate surface area is 110 Å². The third-order valence-electron chi connectivity index (χ3n) is 2.11. The molecule has 0 heterocycles. The minimum Gasteiger partial charge on any atom is -0.496 e. The number of anilines is 1. The second-order valence-corrected chi connectivity index (χ2v) is 4.79. The first kappa shape index (κ1) is 14.0. The predicted molar refractivity (Wildman–Crippen MR) is 72.5 cm³/mol. The lowest BCUT2D eigenvalue weighted by Gasteiger charge is -2.10. The molecule has 0 bridgehead atoms. The molecule has 1 aromatic rings. The summed E-state index contributed by atoms with van der Waals surface area (Å²) < 4.78 is 5.93. The fourth-order valence-electron chi connectivity index (χ4n) is 1.25. The summed E-state index contributed by atoms with van der Waals surface area (Å²) in [5, 5.41) is 5.86. The highest BCUT2D eigenvalue weighted by molar-refractivity contribution is 9.10. The Morgan fingerprint density at radius 3 is 2.71 bits per heavy atom. The van der Waals surface area contributed by atoms with Crippen molar-refractivity contribution in [1.29, 1.82) is 0 Å². The van der Waals surface area contributed by atoms with E-state index in [-0.39, 0.29) is 5.91 Å². The second kappa shape index (κ2) is 6.61. The molecule has 0 aliphatic carbocycles. The van der Waals surface area contributed by atoms with Crippen LogP contribution in [-0.2, 0) is 4.79 Å². The molecule has 0 unspecified atom stereocenters. The summed E-state index contributed by atoms with van der Waals surface area (Å²) in [4.78, 5) is 11.6. The highest BCUT2D eigenvalue weighted by Crippen LogP contribution is 2.27. The summed E-state index contributed by atoms with van der Waals surface area (Å²) in [5.74, 6) is 0.680. The van der Waals surface area contributed by atoms with E-state index in [0.29, 0.717) is 12.6 Å². The van der Waals surface area contributed by atoms with Gasteiger partial charge in [-0.1, -0.05) is 13.8 Å². The lowest BCUT2D eigenvalue weighted by Crippen LogP contribution is -2.32. The summed E-state index contributed by atoms with van der Waals surface area (Å²) in [5.41, 5.74) is 0.744. The topological polar surface area (TPSA) is 50.4 Å². The van der Waals surface area contributed by atoms with E-state index in [4.69, 9.17) is 4.74 Å². The largest absolute Gasteiger partial charge is 0.496 e. The van der Waals surface area contributed by atoms with Crippen LogP contribution in [0.5, 0.6) is 5.75 Å². The number of benzene rings is 1. The molecule has 0 aromatic heterocycles. The lowest BCUT2D eigenvalue weighted by molar-refractivity contribution is -0.115. The molecule has 0 fully saturated rings. The molecule has 5 heteroatoms. The van der Waals surface area contributed by atoms with Gasteiger partial charge in [0.1, 0.15) is 5.75 Å². The van der Waals surface area contributed by atoms with E-state index in [1.165, 1.54) is 0 Å². The zero-order chi connectivity index (χ0) is 12.8. The third kappa shape index (κ3) is 4.75. The standard InChI is InChI=1S/C12H17BrN2O2/c1-8(2)14-7-12(16)15-9-4-5-11(17-3)10(13)6-9/h4-6,8,14H,7H2,1-3H3,(H,15,16). The molecule has 0 saturated carbocycles. The van der Waals surface area contributed by atoms with Crippen LogP contribution in [0, 0.1) is 0 Å². The van der Waals surface area contributed by atoms with Crippen molar-refractivity contribution < 1.29 is 9.53 Å². The molecule has 94 valence electrons. The van der Waals surface area contributed by atoms with Crippen molar-refractivity contribution in [1.82, 2.24) is 5.32 Å². The zero-order valence-corrected chi connectivity index (χ0v) is 11.8. The number of rotatable bonds is 5. The Kier molecular flexibility index (Phi) is 5.44. The van der Waals surface area contributed by atoms with Crippen LogP contribution in [0.2, 0.25) is 0 Å². The molecule has 0 aliphatic rings. The molecule has 0 aliphatic heterocycles. The van der Waals surface area contributed by atoms with Gasteiger partial charge >= 0.3 is 0 Å². The number of carbonyl (C=O) groups excluding carboxylic acids is 1. The van der Waals surface area contributed by atoms with E-state index < -0.39 is 0 Å². The Balaban J connectivity index is 2.57. The first-order chi connectivity index (χ1) is 8.02. The van der Waals surface area contributed by atoms with Gasteiger partial charge in [-0.2, -0.15) is 0 Å². The zero-order valence-electron chi connectivity index (χ0n) is 10.2. The van der Waals surface area contributed by atoms with Crippen molar-refractivity contribution in [2.24, 2.45) is 0 Å².